The van der Waals surface area contributed by atoms with Crippen molar-refractivity contribution in [1.29, 1.82) is 0 Å². The number of nitrogens with one attached hydrogen (secondary N) is 1. The predicted molar refractivity (Wildman–Crippen MR) is 100 cm³/mol. The first-order valence-electron chi connectivity index (χ1n) is 7.44. The highest BCUT2D eigenvalue weighted by molar-refractivity contribution is 9.11. The Kier molecular flexibility index (Phi) is 6.65. The third kappa shape index (κ3) is 5.10. The molecule has 0 spiro atoms. The number of para-hydroxylation sites is 2. The number of benzene rings is 1. The summed E-state index contributed by atoms with van der Waals surface area (Å²) in [6.07, 6.45) is -0.287. The highest BCUT2D eigenvalue weighted by atomic mass is 79.9. The molecule has 0 bridgehead atoms. The molecule has 0 saturated heterocycles. The van der Waals surface area contributed by atoms with Gasteiger partial charge in [0, 0.05) is 6.07 Å². The van der Waals surface area contributed by atoms with Crippen molar-refractivity contribution in [2.45, 2.75) is 26.4 Å². The van der Waals surface area contributed by atoms with E-state index in [2.05, 4.69) is 26.5 Å². The molecule has 1 heterocycles. The number of hydrogen-bond donors (Lipinski definition) is 1. The van der Waals surface area contributed by atoms with E-state index in [0.717, 1.165) is 14.4 Å². The summed E-state index contributed by atoms with van der Waals surface area (Å²) >= 11 is 4.91. The van der Waals surface area contributed by atoms with Gasteiger partial charge in [-0.2, -0.15) is 5.10 Å². The van der Waals surface area contributed by atoms with Gasteiger partial charge in [-0.05, 0) is 47.5 Å². The molecule has 0 unspecified atom stereocenters. The van der Waals surface area contributed by atoms with Crippen molar-refractivity contribution in [3.63, 3.8) is 0 Å². The number of ether oxygens (including phenoxy) is 1. The lowest BCUT2D eigenvalue weighted by Crippen LogP contribution is -2.34. The fourth-order valence-corrected chi connectivity index (χ4v) is 3.39. The first-order chi connectivity index (χ1) is 11.9. The Hall–Kier alpha value is -2.26. The maximum atomic E-state index is 12.2. The molecule has 2 rings (SSSR count). The van der Waals surface area contributed by atoms with Crippen molar-refractivity contribution < 1.29 is 14.5 Å². The Morgan fingerprint density at radius 2 is 2.12 bits per heavy atom. The number of nitro groups is 1. The molecule has 0 radical (unpaired) electrons. The van der Waals surface area contributed by atoms with E-state index >= 15 is 0 Å². The number of nitro benzene ring substituents is 1. The molecule has 1 amide bonds. The number of hydrazone groups is 1. The summed E-state index contributed by atoms with van der Waals surface area (Å²) in [6, 6.07) is 9.74. The fraction of sp³-hybridized carbons (Fsp3) is 0.250. The van der Waals surface area contributed by atoms with Crippen LogP contribution in [0.3, 0.4) is 0 Å². The van der Waals surface area contributed by atoms with Crippen molar-refractivity contribution in [3.05, 3.63) is 55.2 Å². The van der Waals surface area contributed by atoms with Gasteiger partial charge in [-0.3, -0.25) is 14.9 Å². The summed E-state index contributed by atoms with van der Waals surface area (Å²) in [5.41, 5.74) is 3.00. The summed E-state index contributed by atoms with van der Waals surface area (Å²) in [7, 11) is 0. The topological polar surface area (TPSA) is 93.8 Å². The second kappa shape index (κ2) is 8.72. The first-order valence-corrected chi connectivity index (χ1v) is 9.05. The third-order valence-corrected chi connectivity index (χ3v) is 4.90. The third-order valence-electron chi connectivity index (χ3n) is 3.23. The number of rotatable bonds is 7. The van der Waals surface area contributed by atoms with Crippen LogP contribution in [-0.4, -0.2) is 22.6 Å². The van der Waals surface area contributed by atoms with Crippen LogP contribution >= 0.6 is 27.3 Å². The van der Waals surface area contributed by atoms with E-state index < -0.39 is 16.9 Å². The van der Waals surface area contributed by atoms with Crippen LogP contribution in [-0.2, 0) is 4.79 Å². The van der Waals surface area contributed by atoms with Crippen LogP contribution in [0.5, 0.6) is 5.75 Å². The fourth-order valence-electron chi connectivity index (χ4n) is 1.94. The van der Waals surface area contributed by atoms with E-state index in [4.69, 9.17) is 4.74 Å². The van der Waals surface area contributed by atoms with Crippen LogP contribution in [0.15, 0.2) is 45.3 Å². The lowest BCUT2D eigenvalue weighted by atomic mass is 10.2. The van der Waals surface area contributed by atoms with Gasteiger partial charge < -0.3 is 4.74 Å². The molecule has 0 aliphatic rings. The Morgan fingerprint density at radius 1 is 1.40 bits per heavy atom. The normalized spacial score (nSPS) is 12.5. The van der Waals surface area contributed by atoms with Crippen LogP contribution in [0.4, 0.5) is 5.69 Å². The molecule has 0 saturated carbocycles. The van der Waals surface area contributed by atoms with Gasteiger partial charge in [-0.15, -0.1) is 11.3 Å². The van der Waals surface area contributed by atoms with E-state index in [9.17, 15) is 14.9 Å². The van der Waals surface area contributed by atoms with Crippen LogP contribution in [0.25, 0.3) is 0 Å². The van der Waals surface area contributed by atoms with Crippen molar-refractivity contribution in [2.24, 2.45) is 5.10 Å². The van der Waals surface area contributed by atoms with Gasteiger partial charge in [0.2, 0.25) is 0 Å². The summed E-state index contributed by atoms with van der Waals surface area (Å²) in [6.45, 7) is 3.45. The van der Waals surface area contributed by atoms with Crippen molar-refractivity contribution in [3.8, 4) is 5.75 Å². The highest BCUT2D eigenvalue weighted by Crippen LogP contribution is 2.27. The molecular weight excluding hydrogens is 410 g/mol. The molecule has 1 N–H and O–H groups in total. The number of carbonyl (C=O) groups is 1. The number of amides is 1. The van der Waals surface area contributed by atoms with Gasteiger partial charge >= 0.3 is 5.69 Å². The van der Waals surface area contributed by atoms with Gasteiger partial charge in [0.25, 0.3) is 5.91 Å². The van der Waals surface area contributed by atoms with Gasteiger partial charge in [0.1, 0.15) is 0 Å². The average molecular weight is 426 g/mol. The lowest BCUT2D eigenvalue weighted by Gasteiger charge is -2.13. The molecule has 25 heavy (non-hydrogen) atoms. The highest BCUT2D eigenvalue weighted by Gasteiger charge is 2.20. The second-order valence-electron chi connectivity index (χ2n) is 4.98. The molecule has 0 aliphatic carbocycles. The first kappa shape index (κ1) is 19.1. The van der Waals surface area contributed by atoms with Crippen LogP contribution in [0.1, 0.15) is 25.1 Å². The molecule has 1 aromatic carbocycles. The minimum absolute atomic E-state index is 0.0389. The largest absolute Gasteiger partial charge is 0.474 e. The number of thiophene rings is 1. The SMILES string of the molecule is CC/C(=N/NC(=O)[C@@H](C)Oc1ccccc1[N+](=O)[O-])c1ccc(Br)s1. The summed E-state index contributed by atoms with van der Waals surface area (Å²) < 4.78 is 6.39. The quantitative estimate of drug-likeness (QED) is 0.410. The summed E-state index contributed by atoms with van der Waals surface area (Å²) in [5.74, 6) is -0.447. The second-order valence-corrected chi connectivity index (χ2v) is 7.44. The number of halogens is 1. The van der Waals surface area contributed by atoms with Crippen molar-refractivity contribution in [2.75, 3.05) is 0 Å². The van der Waals surface area contributed by atoms with Crippen LogP contribution in [0.2, 0.25) is 0 Å². The van der Waals surface area contributed by atoms with E-state index in [0.29, 0.717) is 6.42 Å². The van der Waals surface area contributed by atoms with Gasteiger partial charge in [0.05, 0.1) is 19.3 Å². The zero-order valence-corrected chi connectivity index (χ0v) is 16.0. The number of carbonyl (C=O) groups excluding carboxylic acids is 1. The molecule has 2 aromatic rings. The molecule has 0 aliphatic heterocycles. The lowest BCUT2D eigenvalue weighted by molar-refractivity contribution is -0.386. The molecule has 9 heteroatoms. The summed E-state index contributed by atoms with van der Waals surface area (Å²) in [4.78, 5) is 23.5. The monoisotopic (exact) mass is 425 g/mol. The van der Waals surface area contributed by atoms with E-state index in [1.165, 1.54) is 36.5 Å². The number of nitrogens with zero attached hydrogens (tertiary/aromatic N) is 2. The van der Waals surface area contributed by atoms with Gasteiger partial charge in [0.15, 0.2) is 11.9 Å². The smallest absolute Gasteiger partial charge is 0.310 e. The standard InChI is InChI=1S/C16H16BrN3O4S/c1-3-11(14-8-9-15(17)25-14)18-19-16(21)10(2)24-13-7-5-4-6-12(13)20(22)23/h4-10H,3H2,1-2H3,(H,19,21)/b18-11-/t10-/m1/s1. The van der Waals surface area contributed by atoms with Crippen LogP contribution in [0, 0.1) is 10.1 Å². The molecular formula is C16H16BrN3O4S. The van der Waals surface area contributed by atoms with E-state index in [1.807, 2.05) is 19.1 Å². The Labute approximate surface area is 157 Å². The van der Waals surface area contributed by atoms with Gasteiger partial charge in [-0.1, -0.05) is 19.1 Å². The zero-order chi connectivity index (χ0) is 18.4. The predicted octanol–water partition coefficient (Wildman–Crippen LogP) is 4.12. The van der Waals surface area contributed by atoms with E-state index in [-0.39, 0.29) is 11.4 Å². The van der Waals surface area contributed by atoms with Crippen molar-refractivity contribution >= 4 is 44.6 Å². The minimum atomic E-state index is -0.932. The summed E-state index contributed by atoms with van der Waals surface area (Å²) in [5, 5.41) is 15.1. The van der Waals surface area contributed by atoms with Gasteiger partial charge in [-0.25, -0.2) is 5.43 Å². The maximum Gasteiger partial charge on any atom is 0.310 e. The van der Waals surface area contributed by atoms with E-state index in [1.54, 1.807) is 6.07 Å². The molecule has 132 valence electrons. The van der Waals surface area contributed by atoms with Crippen LogP contribution < -0.4 is 10.2 Å². The average Bonchev–Trinajstić information content (AvgIpc) is 3.01. The molecule has 7 nitrogen and oxygen atoms in total. The zero-order valence-electron chi connectivity index (χ0n) is 13.6. The molecule has 1 atom stereocenters. The minimum Gasteiger partial charge on any atom is -0.474 e. The Bertz CT molecular complexity index is 806. The Morgan fingerprint density at radius 3 is 2.72 bits per heavy atom. The maximum absolute atomic E-state index is 12.2. The molecule has 0 fully saturated rings. The number of hydrogen-bond acceptors (Lipinski definition) is 6. The Balaban J connectivity index is 2.05. The molecule has 1 aromatic heterocycles. The van der Waals surface area contributed by atoms with Crippen molar-refractivity contribution in [1.82, 2.24) is 5.43 Å².